The van der Waals surface area contributed by atoms with Crippen LogP contribution in [0.1, 0.15) is 17.5 Å². The van der Waals surface area contributed by atoms with Crippen LogP contribution >= 0.6 is 0 Å². The van der Waals surface area contributed by atoms with Crippen molar-refractivity contribution in [1.29, 1.82) is 0 Å². The van der Waals surface area contributed by atoms with Gasteiger partial charge in [0.1, 0.15) is 0 Å². The lowest BCUT2D eigenvalue weighted by atomic mass is 9.92. The second kappa shape index (κ2) is 8.89. The lowest BCUT2D eigenvalue weighted by molar-refractivity contribution is 0.878. The molecule has 1 N–H and O–H groups in total. The first-order valence-corrected chi connectivity index (χ1v) is 10.8. The first-order valence-electron chi connectivity index (χ1n) is 10.8. The van der Waals surface area contributed by atoms with Gasteiger partial charge in [0.15, 0.2) is 0 Å². The maximum Gasteiger partial charge on any atom is 0.0482 e. The summed E-state index contributed by atoms with van der Waals surface area (Å²) in [4.78, 5) is 0. The highest BCUT2D eigenvalue weighted by molar-refractivity contribution is 5.90. The fraction of sp³-hybridized carbons (Fsp3) is 0.0667. The van der Waals surface area contributed by atoms with Crippen LogP contribution in [-0.4, -0.2) is 6.04 Å². The molecular formula is C30H25N. The molecule has 4 aromatic rings. The van der Waals surface area contributed by atoms with E-state index in [4.69, 9.17) is 0 Å². The van der Waals surface area contributed by atoms with Gasteiger partial charge in [0.2, 0.25) is 0 Å². The minimum Gasteiger partial charge on any atom is -0.379 e. The first-order chi connectivity index (χ1) is 15.3. The van der Waals surface area contributed by atoms with E-state index < -0.39 is 0 Å². The predicted molar refractivity (Wildman–Crippen MR) is 133 cm³/mol. The molecule has 0 aliphatic heterocycles. The Morgan fingerprint density at radius 3 is 2.16 bits per heavy atom. The molecule has 31 heavy (non-hydrogen) atoms. The van der Waals surface area contributed by atoms with Crippen molar-refractivity contribution in [3.63, 3.8) is 0 Å². The largest absolute Gasteiger partial charge is 0.379 e. The number of fused-ring (bicyclic) bond motifs is 1. The molecular weight excluding hydrogens is 374 g/mol. The summed E-state index contributed by atoms with van der Waals surface area (Å²) in [6.45, 7) is 0. The minimum atomic E-state index is 0.320. The van der Waals surface area contributed by atoms with Crippen molar-refractivity contribution in [3.8, 4) is 0 Å². The number of allylic oxidation sites excluding steroid dienone is 3. The van der Waals surface area contributed by atoms with Gasteiger partial charge < -0.3 is 5.32 Å². The molecule has 0 saturated heterocycles. The number of rotatable bonds is 5. The van der Waals surface area contributed by atoms with Gasteiger partial charge in [-0.1, -0.05) is 103 Å². The van der Waals surface area contributed by atoms with E-state index in [0.29, 0.717) is 6.04 Å². The molecule has 0 radical (unpaired) electrons. The van der Waals surface area contributed by atoms with Crippen LogP contribution in [0.4, 0.5) is 5.69 Å². The molecule has 0 amide bonds. The maximum absolute atomic E-state index is 3.59. The Bertz CT molecular complexity index is 1260. The lowest BCUT2D eigenvalue weighted by Crippen LogP contribution is -2.17. The van der Waals surface area contributed by atoms with Gasteiger partial charge in [0.25, 0.3) is 0 Å². The summed E-state index contributed by atoms with van der Waals surface area (Å²) in [7, 11) is 0. The van der Waals surface area contributed by atoms with Crippen LogP contribution in [0.3, 0.4) is 0 Å². The van der Waals surface area contributed by atoms with Crippen LogP contribution in [0.15, 0.2) is 133 Å². The Hall–Kier alpha value is -3.84. The van der Waals surface area contributed by atoms with Crippen molar-refractivity contribution in [2.75, 3.05) is 5.32 Å². The van der Waals surface area contributed by atoms with Crippen LogP contribution < -0.4 is 5.32 Å². The molecule has 0 saturated carbocycles. The molecule has 0 bridgehead atoms. The van der Waals surface area contributed by atoms with Crippen LogP contribution in [0.2, 0.25) is 0 Å². The van der Waals surface area contributed by atoms with E-state index >= 15 is 0 Å². The number of benzene rings is 4. The monoisotopic (exact) mass is 399 g/mol. The van der Waals surface area contributed by atoms with Crippen molar-refractivity contribution in [1.82, 2.24) is 0 Å². The third kappa shape index (κ3) is 4.51. The zero-order chi connectivity index (χ0) is 20.9. The normalized spacial score (nSPS) is 16.2. The molecule has 5 rings (SSSR count). The lowest BCUT2D eigenvalue weighted by Gasteiger charge is -2.19. The Morgan fingerprint density at radius 2 is 1.42 bits per heavy atom. The molecule has 1 heteroatoms. The van der Waals surface area contributed by atoms with Gasteiger partial charge in [-0.3, -0.25) is 0 Å². The number of hydrogen-bond acceptors (Lipinski definition) is 1. The molecule has 1 aliphatic rings. The van der Waals surface area contributed by atoms with E-state index in [-0.39, 0.29) is 0 Å². The summed E-state index contributed by atoms with van der Waals surface area (Å²) in [6.07, 6.45) is 10.1. The highest BCUT2D eigenvalue weighted by Gasteiger charge is 2.11. The van der Waals surface area contributed by atoms with Crippen molar-refractivity contribution in [2.45, 2.75) is 12.5 Å². The third-order valence-corrected chi connectivity index (χ3v) is 5.71. The van der Waals surface area contributed by atoms with Crippen molar-refractivity contribution >= 4 is 22.0 Å². The summed E-state index contributed by atoms with van der Waals surface area (Å²) in [5.74, 6) is 0. The van der Waals surface area contributed by atoms with Gasteiger partial charge in [0, 0.05) is 11.7 Å². The first kappa shape index (κ1) is 19.1. The van der Waals surface area contributed by atoms with Gasteiger partial charge >= 0.3 is 0 Å². The number of para-hydroxylation sites is 1. The molecule has 0 aromatic heterocycles. The van der Waals surface area contributed by atoms with Gasteiger partial charge in [-0.15, -0.1) is 0 Å². The van der Waals surface area contributed by atoms with Crippen LogP contribution in [-0.2, 0) is 0 Å². The summed E-state index contributed by atoms with van der Waals surface area (Å²) in [5.41, 5.74) is 6.13. The smallest absolute Gasteiger partial charge is 0.0482 e. The Labute approximate surface area is 184 Å². The number of hydrogen-bond donors (Lipinski definition) is 1. The third-order valence-electron chi connectivity index (χ3n) is 5.71. The molecule has 0 spiro atoms. The summed E-state index contributed by atoms with van der Waals surface area (Å²) >= 11 is 0. The zero-order valence-electron chi connectivity index (χ0n) is 17.4. The van der Waals surface area contributed by atoms with E-state index in [1.165, 1.54) is 33.0 Å². The van der Waals surface area contributed by atoms with Crippen LogP contribution in [0.25, 0.3) is 16.3 Å². The van der Waals surface area contributed by atoms with E-state index in [9.17, 15) is 0 Å². The van der Waals surface area contributed by atoms with Gasteiger partial charge in [-0.25, -0.2) is 0 Å². The van der Waals surface area contributed by atoms with Crippen LogP contribution in [0, 0.1) is 0 Å². The quantitative estimate of drug-likeness (QED) is 0.363. The van der Waals surface area contributed by atoms with Crippen molar-refractivity contribution in [3.05, 3.63) is 144 Å². The topological polar surface area (TPSA) is 12.0 Å². The molecule has 150 valence electrons. The van der Waals surface area contributed by atoms with Crippen molar-refractivity contribution < 1.29 is 0 Å². The van der Waals surface area contributed by atoms with E-state index in [0.717, 1.165) is 12.1 Å². The predicted octanol–water partition coefficient (Wildman–Crippen LogP) is 7.64. The van der Waals surface area contributed by atoms with Gasteiger partial charge in [-0.05, 0) is 63.7 Å². The number of nitrogens with one attached hydrogen (secondary N) is 1. The Kier molecular flexibility index (Phi) is 5.49. The Morgan fingerprint density at radius 1 is 0.710 bits per heavy atom. The molecule has 0 fully saturated rings. The van der Waals surface area contributed by atoms with Crippen molar-refractivity contribution in [2.24, 2.45) is 0 Å². The number of anilines is 1. The van der Waals surface area contributed by atoms with Gasteiger partial charge in [0.05, 0.1) is 0 Å². The fourth-order valence-corrected chi connectivity index (χ4v) is 4.07. The van der Waals surface area contributed by atoms with E-state index in [2.05, 4.69) is 127 Å². The molecule has 1 nitrogen and oxygen atoms in total. The minimum absolute atomic E-state index is 0.320. The van der Waals surface area contributed by atoms with E-state index in [1.54, 1.807) is 0 Å². The fourth-order valence-electron chi connectivity index (χ4n) is 4.07. The molecule has 4 aromatic carbocycles. The molecule has 1 aliphatic carbocycles. The van der Waals surface area contributed by atoms with Crippen LogP contribution in [0.5, 0.6) is 0 Å². The average molecular weight is 400 g/mol. The summed E-state index contributed by atoms with van der Waals surface area (Å²) in [5, 5.41) is 6.12. The highest BCUT2D eigenvalue weighted by Crippen LogP contribution is 2.29. The second-order valence-corrected chi connectivity index (χ2v) is 7.90. The molecule has 1 unspecified atom stereocenters. The summed E-state index contributed by atoms with van der Waals surface area (Å²) in [6, 6.07) is 36.7. The zero-order valence-corrected chi connectivity index (χ0v) is 17.4. The SMILES string of the molecule is C1=CC(Nc2ccccc2)CC=C1C=C(c1ccccc1)c1ccc2ccccc2c1. The molecule has 0 heterocycles. The standard InChI is InChI=1S/C30H25N/c1-3-10-25(11-4-1)30(27-18-17-24-9-7-8-12-26(24)22-27)21-23-15-19-29(20-16-23)31-28-13-5-2-6-14-28/h1-19,21-22,29,31H,20H2. The Balaban J connectivity index is 1.45. The molecule has 1 atom stereocenters. The highest BCUT2D eigenvalue weighted by atomic mass is 14.9. The second-order valence-electron chi connectivity index (χ2n) is 7.90. The van der Waals surface area contributed by atoms with E-state index in [1.807, 2.05) is 6.07 Å². The average Bonchev–Trinajstić information content (AvgIpc) is 2.84. The maximum atomic E-state index is 3.59. The summed E-state index contributed by atoms with van der Waals surface area (Å²) < 4.78 is 0. The van der Waals surface area contributed by atoms with Gasteiger partial charge in [-0.2, -0.15) is 0 Å².